The van der Waals surface area contributed by atoms with Crippen molar-refractivity contribution in [3.63, 3.8) is 0 Å². The molecular formula is C23H24Cl2N4O. The number of piperazine rings is 1. The van der Waals surface area contributed by atoms with Crippen LogP contribution in [0.15, 0.2) is 54.6 Å². The number of carbonyl (C=O) groups is 1. The van der Waals surface area contributed by atoms with E-state index in [0.717, 1.165) is 55.7 Å². The summed E-state index contributed by atoms with van der Waals surface area (Å²) in [6.07, 6.45) is 0.900. The van der Waals surface area contributed by atoms with Gasteiger partial charge in [-0.25, -0.2) is 4.98 Å². The van der Waals surface area contributed by atoms with Crippen LogP contribution in [0.25, 0.3) is 10.9 Å². The number of anilines is 1. The van der Waals surface area contributed by atoms with Gasteiger partial charge in [0.05, 0.1) is 21.2 Å². The second kappa shape index (κ2) is 9.65. The van der Waals surface area contributed by atoms with Crippen molar-refractivity contribution in [2.24, 2.45) is 0 Å². The molecular weight excluding hydrogens is 419 g/mol. The Hall–Kier alpha value is -2.34. The number of benzene rings is 2. The molecule has 4 rings (SSSR count). The van der Waals surface area contributed by atoms with Crippen LogP contribution in [-0.4, -0.2) is 55.1 Å². The van der Waals surface area contributed by atoms with Crippen LogP contribution >= 0.6 is 23.2 Å². The number of rotatable bonds is 6. The molecule has 1 aliphatic rings. The van der Waals surface area contributed by atoms with Gasteiger partial charge in [0.1, 0.15) is 5.69 Å². The third-order valence-electron chi connectivity index (χ3n) is 5.41. The number of hydrogen-bond acceptors (Lipinski definition) is 4. The van der Waals surface area contributed by atoms with Crippen molar-refractivity contribution in [1.29, 1.82) is 0 Å². The number of fused-ring (bicyclic) bond motifs is 1. The number of para-hydroxylation sites is 1. The molecule has 0 unspecified atom stereocenters. The van der Waals surface area contributed by atoms with Crippen LogP contribution in [0.2, 0.25) is 10.0 Å². The Bertz CT molecular complexity index is 1030. The smallest absolute Gasteiger partial charge is 0.269 e. The van der Waals surface area contributed by atoms with Crippen LogP contribution < -0.4 is 10.2 Å². The van der Waals surface area contributed by atoms with E-state index in [2.05, 4.69) is 20.1 Å². The lowest BCUT2D eigenvalue weighted by atomic mass is 10.2. The topological polar surface area (TPSA) is 48.5 Å². The molecule has 1 aromatic heterocycles. The largest absolute Gasteiger partial charge is 0.368 e. The van der Waals surface area contributed by atoms with E-state index < -0.39 is 0 Å². The minimum atomic E-state index is -0.124. The van der Waals surface area contributed by atoms with Gasteiger partial charge in [0, 0.05) is 38.1 Å². The molecule has 2 aromatic carbocycles. The highest BCUT2D eigenvalue weighted by Gasteiger charge is 2.19. The minimum Gasteiger partial charge on any atom is -0.368 e. The first-order valence-electron chi connectivity index (χ1n) is 10.2. The molecule has 1 saturated heterocycles. The van der Waals surface area contributed by atoms with E-state index in [4.69, 9.17) is 23.2 Å². The predicted octanol–water partition coefficient (Wildman–Crippen LogP) is 4.48. The van der Waals surface area contributed by atoms with Gasteiger partial charge in [-0.3, -0.25) is 9.69 Å². The van der Waals surface area contributed by atoms with Crippen LogP contribution in [0.4, 0.5) is 5.69 Å². The van der Waals surface area contributed by atoms with Crippen molar-refractivity contribution in [3.05, 3.63) is 70.3 Å². The van der Waals surface area contributed by atoms with Crippen molar-refractivity contribution >= 4 is 45.7 Å². The zero-order valence-corrected chi connectivity index (χ0v) is 18.2. The van der Waals surface area contributed by atoms with Gasteiger partial charge in [0.25, 0.3) is 5.91 Å². The van der Waals surface area contributed by atoms with E-state index >= 15 is 0 Å². The number of carbonyl (C=O) groups excluding carboxylic acids is 1. The maximum atomic E-state index is 12.4. The summed E-state index contributed by atoms with van der Waals surface area (Å²) in [6.45, 7) is 5.32. The quantitative estimate of drug-likeness (QED) is 0.571. The number of aromatic nitrogens is 1. The van der Waals surface area contributed by atoms with Gasteiger partial charge in [-0.05, 0) is 37.2 Å². The van der Waals surface area contributed by atoms with Crippen molar-refractivity contribution in [3.8, 4) is 0 Å². The molecule has 0 spiro atoms. The summed E-state index contributed by atoms with van der Waals surface area (Å²) >= 11 is 12.5. The van der Waals surface area contributed by atoms with Crippen LogP contribution in [0, 0.1) is 0 Å². The summed E-state index contributed by atoms with van der Waals surface area (Å²) in [5, 5.41) is 5.23. The molecule has 0 atom stereocenters. The van der Waals surface area contributed by atoms with Crippen molar-refractivity contribution in [2.75, 3.05) is 44.2 Å². The predicted molar refractivity (Wildman–Crippen MR) is 124 cm³/mol. The highest BCUT2D eigenvalue weighted by Crippen LogP contribution is 2.32. The van der Waals surface area contributed by atoms with Crippen molar-refractivity contribution in [2.45, 2.75) is 6.42 Å². The third-order valence-corrected chi connectivity index (χ3v) is 6.22. The van der Waals surface area contributed by atoms with Gasteiger partial charge in [-0.2, -0.15) is 0 Å². The number of pyridine rings is 1. The Kier molecular flexibility index (Phi) is 6.72. The number of hydrogen-bond donors (Lipinski definition) is 1. The summed E-state index contributed by atoms with van der Waals surface area (Å²) in [5.41, 5.74) is 2.29. The first-order valence-corrected chi connectivity index (χ1v) is 10.9. The molecule has 1 amide bonds. The lowest BCUT2D eigenvalue weighted by Gasteiger charge is -2.36. The summed E-state index contributed by atoms with van der Waals surface area (Å²) in [4.78, 5) is 21.5. The first-order chi connectivity index (χ1) is 14.6. The molecule has 5 nitrogen and oxygen atoms in total. The number of nitrogens with one attached hydrogen (secondary N) is 1. The molecule has 156 valence electrons. The summed E-state index contributed by atoms with van der Waals surface area (Å²) in [6, 6.07) is 17.3. The van der Waals surface area contributed by atoms with E-state index in [9.17, 15) is 4.79 Å². The van der Waals surface area contributed by atoms with Gasteiger partial charge >= 0.3 is 0 Å². The molecule has 30 heavy (non-hydrogen) atoms. The molecule has 1 N–H and O–H groups in total. The molecule has 0 aliphatic carbocycles. The summed E-state index contributed by atoms with van der Waals surface area (Å²) in [7, 11) is 0. The van der Waals surface area contributed by atoms with E-state index in [-0.39, 0.29) is 5.91 Å². The first kappa shape index (κ1) is 20.9. The van der Waals surface area contributed by atoms with Crippen molar-refractivity contribution < 1.29 is 4.79 Å². The van der Waals surface area contributed by atoms with Crippen LogP contribution in [0.3, 0.4) is 0 Å². The Balaban J connectivity index is 1.21. The lowest BCUT2D eigenvalue weighted by molar-refractivity contribution is 0.0947. The van der Waals surface area contributed by atoms with Crippen molar-refractivity contribution in [1.82, 2.24) is 15.2 Å². The third kappa shape index (κ3) is 4.86. The second-order valence-electron chi connectivity index (χ2n) is 7.40. The normalized spacial score (nSPS) is 14.8. The Morgan fingerprint density at radius 3 is 2.60 bits per heavy atom. The highest BCUT2D eigenvalue weighted by molar-refractivity contribution is 6.43. The number of nitrogens with zero attached hydrogens (tertiary/aromatic N) is 3. The Morgan fingerprint density at radius 1 is 0.967 bits per heavy atom. The molecule has 7 heteroatoms. The van der Waals surface area contributed by atoms with Gasteiger partial charge < -0.3 is 10.2 Å². The van der Waals surface area contributed by atoms with E-state index in [0.29, 0.717) is 22.3 Å². The fourth-order valence-electron chi connectivity index (χ4n) is 3.74. The fraction of sp³-hybridized carbons (Fsp3) is 0.304. The second-order valence-corrected chi connectivity index (χ2v) is 8.19. The van der Waals surface area contributed by atoms with E-state index in [1.165, 1.54) is 0 Å². The molecule has 1 fully saturated rings. The van der Waals surface area contributed by atoms with Gasteiger partial charge in [0.2, 0.25) is 0 Å². The fourth-order valence-corrected chi connectivity index (χ4v) is 4.15. The zero-order chi connectivity index (χ0) is 20.9. The zero-order valence-electron chi connectivity index (χ0n) is 16.7. The average molecular weight is 443 g/mol. The molecule has 2 heterocycles. The van der Waals surface area contributed by atoms with Gasteiger partial charge in [0.15, 0.2) is 0 Å². The molecule has 0 saturated carbocycles. The monoisotopic (exact) mass is 442 g/mol. The van der Waals surface area contributed by atoms with Crippen LogP contribution in [0.5, 0.6) is 0 Å². The van der Waals surface area contributed by atoms with E-state index in [1.807, 2.05) is 48.5 Å². The highest BCUT2D eigenvalue weighted by atomic mass is 35.5. The lowest BCUT2D eigenvalue weighted by Crippen LogP contribution is -2.47. The number of amides is 1. The molecule has 0 bridgehead atoms. The average Bonchev–Trinajstić information content (AvgIpc) is 2.78. The maximum absolute atomic E-state index is 12.4. The molecule has 0 radical (unpaired) electrons. The standard InChI is InChI=1S/C23H24Cl2N4O/c24-18-6-3-8-21(22(18)25)29-15-13-28(14-16-29)12-4-11-26-23(30)20-10-9-17-5-1-2-7-19(17)27-20/h1-3,5-10H,4,11-16H2,(H,26,30). The minimum absolute atomic E-state index is 0.124. The maximum Gasteiger partial charge on any atom is 0.269 e. The van der Waals surface area contributed by atoms with Crippen LogP contribution in [-0.2, 0) is 0 Å². The molecule has 1 aliphatic heterocycles. The Labute approximate surface area is 186 Å². The summed E-state index contributed by atoms with van der Waals surface area (Å²) in [5.74, 6) is -0.124. The Morgan fingerprint density at radius 2 is 1.77 bits per heavy atom. The number of halogens is 2. The van der Waals surface area contributed by atoms with Gasteiger partial charge in [-0.1, -0.05) is 53.5 Å². The van der Waals surface area contributed by atoms with Crippen LogP contribution in [0.1, 0.15) is 16.9 Å². The SMILES string of the molecule is O=C(NCCCN1CCN(c2cccc(Cl)c2Cl)CC1)c1ccc2ccccc2n1. The van der Waals surface area contributed by atoms with Gasteiger partial charge in [-0.15, -0.1) is 0 Å². The summed E-state index contributed by atoms with van der Waals surface area (Å²) < 4.78 is 0. The molecule has 3 aromatic rings. The van der Waals surface area contributed by atoms with E-state index in [1.54, 1.807) is 6.07 Å².